The Hall–Kier alpha value is -3.06. The van der Waals surface area contributed by atoms with Crippen LogP contribution in [0.15, 0.2) is 55.0 Å². The fourth-order valence-electron chi connectivity index (χ4n) is 3.18. The van der Waals surface area contributed by atoms with E-state index >= 15 is 0 Å². The predicted molar refractivity (Wildman–Crippen MR) is 109 cm³/mol. The summed E-state index contributed by atoms with van der Waals surface area (Å²) in [6.45, 7) is 2.17. The Morgan fingerprint density at radius 3 is 2.68 bits per heavy atom. The smallest absolute Gasteiger partial charge is 0.253 e. The molecule has 1 N–H and O–H groups in total. The molecule has 28 heavy (non-hydrogen) atoms. The number of ketones is 1. The Bertz CT molecular complexity index is 981. The van der Waals surface area contributed by atoms with Gasteiger partial charge in [-0.15, -0.1) is 0 Å². The van der Waals surface area contributed by atoms with Gasteiger partial charge in [0.05, 0.1) is 11.1 Å². The van der Waals surface area contributed by atoms with E-state index in [1.54, 1.807) is 42.9 Å². The minimum absolute atomic E-state index is 0.00437. The standard InChI is InChI=1S/C21H20N4O2S/c26-19(16-6-3-7-17(11-16)20(27)25-9-1-2-10-25)18-14-24-21(28-18)23-13-15-5-4-8-22-12-15/h3-8,11-12,14H,1-2,9-10,13H2,(H,23,24). The zero-order valence-corrected chi connectivity index (χ0v) is 16.1. The van der Waals surface area contributed by atoms with Crippen LogP contribution in [0.3, 0.4) is 0 Å². The summed E-state index contributed by atoms with van der Waals surface area (Å²) in [5.74, 6) is -0.127. The van der Waals surface area contributed by atoms with Gasteiger partial charge in [0.2, 0.25) is 5.78 Å². The molecule has 0 atom stereocenters. The van der Waals surface area contributed by atoms with E-state index in [1.807, 2.05) is 17.0 Å². The number of anilines is 1. The van der Waals surface area contributed by atoms with Crippen molar-refractivity contribution in [2.24, 2.45) is 0 Å². The highest BCUT2D eigenvalue weighted by atomic mass is 32.1. The number of rotatable bonds is 6. The summed E-state index contributed by atoms with van der Waals surface area (Å²) in [4.78, 5) is 36.2. The van der Waals surface area contributed by atoms with E-state index in [0.29, 0.717) is 27.7 Å². The molecule has 1 fully saturated rings. The van der Waals surface area contributed by atoms with Crippen molar-refractivity contribution >= 4 is 28.2 Å². The van der Waals surface area contributed by atoms with Crippen molar-refractivity contribution in [3.8, 4) is 0 Å². The largest absolute Gasteiger partial charge is 0.357 e. The van der Waals surface area contributed by atoms with Crippen LogP contribution in [-0.2, 0) is 6.54 Å². The number of hydrogen-bond donors (Lipinski definition) is 1. The molecule has 3 heterocycles. The van der Waals surface area contributed by atoms with Crippen molar-refractivity contribution in [3.63, 3.8) is 0 Å². The van der Waals surface area contributed by atoms with Gasteiger partial charge in [0.1, 0.15) is 0 Å². The summed E-state index contributed by atoms with van der Waals surface area (Å²) in [6.07, 6.45) is 7.18. The Morgan fingerprint density at radius 2 is 1.89 bits per heavy atom. The number of likely N-dealkylation sites (tertiary alicyclic amines) is 1. The van der Waals surface area contributed by atoms with Crippen LogP contribution in [0.2, 0.25) is 0 Å². The second kappa shape index (κ2) is 8.31. The lowest BCUT2D eigenvalue weighted by Gasteiger charge is -2.15. The molecule has 2 aromatic heterocycles. The Morgan fingerprint density at radius 1 is 1.07 bits per heavy atom. The van der Waals surface area contributed by atoms with E-state index in [-0.39, 0.29) is 11.7 Å². The van der Waals surface area contributed by atoms with Gasteiger partial charge in [-0.05, 0) is 36.6 Å². The highest BCUT2D eigenvalue weighted by Crippen LogP contribution is 2.23. The quantitative estimate of drug-likeness (QED) is 0.649. The van der Waals surface area contributed by atoms with Crippen molar-refractivity contribution in [1.29, 1.82) is 0 Å². The zero-order valence-electron chi connectivity index (χ0n) is 15.3. The number of carbonyl (C=O) groups excluding carboxylic acids is 2. The second-order valence-corrected chi connectivity index (χ2v) is 7.68. The SMILES string of the molecule is O=C(c1cccc(C(=O)N2CCCC2)c1)c1cnc(NCc2cccnc2)s1. The lowest BCUT2D eigenvalue weighted by Crippen LogP contribution is -2.27. The topological polar surface area (TPSA) is 75.2 Å². The predicted octanol–water partition coefficient (Wildman–Crippen LogP) is 3.62. The lowest BCUT2D eigenvalue weighted by atomic mass is 10.1. The number of hydrogen-bond acceptors (Lipinski definition) is 6. The van der Waals surface area contributed by atoms with Gasteiger partial charge in [-0.1, -0.05) is 29.5 Å². The molecule has 1 amide bonds. The van der Waals surface area contributed by atoms with E-state index in [9.17, 15) is 9.59 Å². The van der Waals surface area contributed by atoms with Crippen LogP contribution in [-0.4, -0.2) is 39.6 Å². The Balaban J connectivity index is 1.45. The number of pyridine rings is 1. The normalized spacial score (nSPS) is 13.5. The Labute approximate surface area is 167 Å². The summed E-state index contributed by atoms with van der Waals surface area (Å²) in [6, 6.07) is 10.8. The second-order valence-electron chi connectivity index (χ2n) is 6.65. The molecule has 1 aliphatic heterocycles. The molecular weight excluding hydrogens is 372 g/mol. The van der Waals surface area contributed by atoms with E-state index in [0.717, 1.165) is 31.5 Å². The van der Waals surface area contributed by atoms with Gasteiger partial charge < -0.3 is 10.2 Å². The minimum Gasteiger partial charge on any atom is -0.357 e. The van der Waals surface area contributed by atoms with Crippen molar-refractivity contribution in [3.05, 3.63) is 76.6 Å². The fraction of sp³-hybridized carbons (Fsp3) is 0.238. The van der Waals surface area contributed by atoms with Gasteiger partial charge in [-0.25, -0.2) is 4.98 Å². The third-order valence-electron chi connectivity index (χ3n) is 4.66. The lowest BCUT2D eigenvalue weighted by molar-refractivity contribution is 0.0793. The van der Waals surface area contributed by atoms with Crippen LogP contribution < -0.4 is 5.32 Å². The highest BCUT2D eigenvalue weighted by molar-refractivity contribution is 7.17. The van der Waals surface area contributed by atoms with Gasteiger partial charge in [0.15, 0.2) is 5.13 Å². The molecule has 0 aliphatic carbocycles. The number of thiazole rings is 1. The van der Waals surface area contributed by atoms with E-state index in [4.69, 9.17) is 0 Å². The van der Waals surface area contributed by atoms with Crippen LogP contribution in [0, 0.1) is 0 Å². The number of benzene rings is 1. The molecule has 1 aliphatic rings. The van der Waals surface area contributed by atoms with E-state index < -0.39 is 0 Å². The highest BCUT2D eigenvalue weighted by Gasteiger charge is 2.21. The first-order valence-electron chi connectivity index (χ1n) is 9.23. The van der Waals surface area contributed by atoms with Crippen LogP contribution in [0.25, 0.3) is 0 Å². The molecule has 1 saturated heterocycles. The molecule has 6 nitrogen and oxygen atoms in total. The Kier molecular flexibility index (Phi) is 5.43. The first-order valence-corrected chi connectivity index (χ1v) is 10.0. The summed E-state index contributed by atoms with van der Waals surface area (Å²) in [7, 11) is 0. The van der Waals surface area contributed by atoms with Crippen LogP contribution >= 0.6 is 11.3 Å². The molecule has 0 bridgehead atoms. The van der Waals surface area contributed by atoms with Crippen LogP contribution in [0.4, 0.5) is 5.13 Å². The average Bonchev–Trinajstić information content (AvgIpc) is 3.44. The van der Waals surface area contributed by atoms with E-state index in [1.165, 1.54) is 11.3 Å². The number of nitrogens with zero attached hydrogens (tertiary/aromatic N) is 3. The van der Waals surface area contributed by atoms with Crippen LogP contribution in [0.5, 0.6) is 0 Å². The molecule has 4 rings (SSSR count). The number of amides is 1. The minimum atomic E-state index is -0.122. The van der Waals surface area contributed by atoms with Crippen LogP contribution in [0.1, 0.15) is 44.0 Å². The number of carbonyl (C=O) groups is 2. The summed E-state index contributed by atoms with van der Waals surface area (Å²) >= 11 is 1.31. The van der Waals surface area contributed by atoms with Gasteiger partial charge in [0, 0.05) is 43.2 Å². The maximum Gasteiger partial charge on any atom is 0.253 e. The number of nitrogens with one attached hydrogen (secondary N) is 1. The monoisotopic (exact) mass is 392 g/mol. The van der Waals surface area contributed by atoms with Gasteiger partial charge in [-0.3, -0.25) is 14.6 Å². The molecule has 1 aromatic carbocycles. The van der Waals surface area contributed by atoms with Gasteiger partial charge in [0.25, 0.3) is 5.91 Å². The molecule has 142 valence electrons. The van der Waals surface area contributed by atoms with Gasteiger partial charge in [-0.2, -0.15) is 0 Å². The third kappa shape index (κ3) is 4.09. The first-order chi connectivity index (χ1) is 13.7. The summed E-state index contributed by atoms with van der Waals surface area (Å²) < 4.78 is 0. The van der Waals surface area contributed by atoms with Crippen molar-refractivity contribution in [1.82, 2.24) is 14.9 Å². The first kappa shape index (κ1) is 18.3. The zero-order chi connectivity index (χ0) is 19.3. The molecule has 0 unspecified atom stereocenters. The number of aromatic nitrogens is 2. The van der Waals surface area contributed by atoms with E-state index in [2.05, 4.69) is 15.3 Å². The third-order valence-corrected chi connectivity index (χ3v) is 5.61. The maximum absolute atomic E-state index is 12.8. The summed E-state index contributed by atoms with van der Waals surface area (Å²) in [5.41, 5.74) is 2.11. The molecule has 3 aromatic rings. The van der Waals surface area contributed by atoms with Crippen molar-refractivity contribution < 1.29 is 9.59 Å². The molecule has 0 radical (unpaired) electrons. The van der Waals surface area contributed by atoms with Crippen molar-refractivity contribution in [2.75, 3.05) is 18.4 Å². The molecular formula is C21H20N4O2S. The molecule has 0 saturated carbocycles. The molecule has 7 heteroatoms. The van der Waals surface area contributed by atoms with Crippen molar-refractivity contribution in [2.45, 2.75) is 19.4 Å². The fourth-order valence-corrected chi connectivity index (χ4v) is 3.95. The average molecular weight is 392 g/mol. The summed E-state index contributed by atoms with van der Waals surface area (Å²) in [5, 5.41) is 3.89. The molecule has 0 spiro atoms. The maximum atomic E-state index is 12.8. The van der Waals surface area contributed by atoms with Gasteiger partial charge >= 0.3 is 0 Å².